The predicted molar refractivity (Wildman–Crippen MR) is 76.9 cm³/mol. The second-order valence-corrected chi connectivity index (χ2v) is 6.19. The van der Waals surface area contributed by atoms with Crippen LogP contribution >= 0.6 is 0 Å². The molecule has 1 heteroatoms. The third-order valence-electron chi connectivity index (χ3n) is 3.21. The highest BCUT2D eigenvalue weighted by atomic mass is 16.3. The van der Waals surface area contributed by atoms with Crippen LogP contribution in [0.5, 0.6) is 0 Å². The minimum atomic E-state index is 0.0656. The zero-order valence-corrected chi connectivity index (χ0v) is 11.9. The summed E-state index contributed by atoms with van der Waals surface area (Å²) in [7, 11) is 0. The fraction of sp³-hybridized carbons (Fsp3) is 0.412. The second-order valence-electron chi connectivity index (χ2n) is 6.19. The third kappa shape index (κ3) is 2.66. The van der Waals surface area contributed by atoms with E-state index in [9.17, 15) is 0 Å². The molecule has 2 rings (SSSR count). The van der Waals surface area contributed by atoms with Crippen molar-refractivity contribution in [1.29, 1.82) is 0 Å². The van der Waals surface area contributed by atoms with Gasteiger partial charge in [-0.15, -0.1) is 0 Å². The van der Waals surface area contributed by atoms with Gasteiger partial charge in [0.2, 0.25) is 0 Å². The van der Waals surface area contributed by atoms with Gasteiger partial charge in [0, 0.05) is 11.0 Å². The van der Waals surface area contributed by atoms with Crippen molar-refractivity contribution in [3.05, 3.63) is 47.7 Å². The van der Waals surface area contributed by atoms with E-state index in [0.29, 0.717) is 5.92 Å². The molecular weight excluding hydrogens is 220 g/mol. The molecule has 0 saturated heterocycles. The summed E-state index contributed by atoms with van der Waals surface area (Å²) in [5.41, 5.74) is 2.58. The summed E-state index contributed by atoms with van der Waals surface area (Å²) in [6.45, 7) is 10.9. The van der Waals surface area contributed by atoms with E-state index in [1.165, 1.54) is 5.56 Å². The topological polar surface area (TPSA) is 13.1 Å². The Balaban J connectivity index is 2.29. The van der Waals surface area contributed by atoms with Gasteiger partial charge in [-0.1, -0.05) is 58.9 Å². The third-order valence-corrected chi connectivity index (χ3v) is 3.21. The largest absolute Gasteiger partial charge is 0.461 e. The summed E-state index contributed by atoms with van der Waals surface area (Å²) in [5, 5.41) is 0. The van der Waals surface area contributed by atoms with Gasteiger partial charge in [0.05, 0.1) is 0 Å². The SMILES string of the molecule is CC(C)c1ccc(-c2ccc(C(C)(C)C)o2)cc1. The minimum Gasteiger partial charge on any atom is -0.461 e. The molecule has 0 unspecified atom stereocenters. The molecule has 0 amide bonds. The summed E-state index contributed by atoms with van der Waals surface area (Å²) in [5.74, 6) is 2.56. The van der Waals surface area contributed by atoms with Crippen LogP contribution in [0.25, 0.3) is 11.3 Å². The molecule has 0 N–H and O–H groups in total. The molecule has 1 aromatic heterocycles. The zero-order valence-electron chi connectivity index (χ0n) is 11.9. The molecule has 2 aromatic rings. The van der Waals surface area contributed by atoms with Crippen LogP contribution in [0.3, 0.4) is 0 Å². The maximum atomic E-state index is 5.93. The van der Waals surface area contributed by atoms with Gasteiger partial charge in [-0.25, -0.2) is 0 Å². The minimum absolute atomic E-state index is 0.0656. The predicted octanol–water partition coefficient (Wildman–Crippen LogP) is 5.37. The van der Waals surface area contributed by atoms with Crippen LogP contribution in [0.1, 0.15) is 51.9 Å². The van der Waals surface area contributed by atoms with Gasteiger partial charge in [0.15, 0.2) is 0 Å². The number of hydrogen-bond donors (Lipinski definition) is 0. The lowest BCUT2D eigenvalue weighted by Gasteiger charge is -2.14. The maximum absolute atomic E-state index is 5.93. The lowest BCUT2D eigenvalue weighted by molar-refractivity contribution is 0.417. The van der Waals surface area contributed by atoms with Crippen LogP contribution in [0.4, 0.5) is 0 Å². The quantitative estimate of drug-likeness (QED) is 0.690. The molecule has 0 bridgehead atoms. The van der Waals surface area contributed by atoms with Gasteiger partial charge in [0.25, 0.3) is 0 Å². The van der Waals surface area contributed by atoms with E-state index in [1.807, 2.05) is 0 Å². The fourth-order valence-corrected chi connectivity index (χ4v) is 1.93. The summed E-state index contributed by atoms with van der Waals surface area (Å²) >= 11 is 0. The highest BCUT2D eigenvalue weighted by molar-refractivity contribution is 5.58. The Morgan fingerprint density at radius 1 is 0.889 bits per heavy atom. The van der Waals surface area contributed by atoms with Gasteiger partial charge in [0.1, 0.15) is 11.5 Å². The first-order chi connectivity index (χ1) is 8.38. The lowest BCUT2D eigenvalue weighted by atomic mass is 9.94. The van der Waals surface area contributed by atoms with Crippen molar-refractivity contribution in [2.45, 2.75) is 46.0 Å². The van der Waals surface area contributed by atoms with E-state index < -0.39 is 0 Å². The summed E-state index contributed by atoms with van der Waals surface area (Å²) in [6.07, 6.45) is 0. The van der Waals surface area contributed by atoms with E-state index in [2.05, 4.69) is 71.0 Å². The van der Waals surface area contributed by atoms with Crippen LogP contribution in [-0.4, -0.2) is 0 Å². The van der Waals surface area contributed by atoms with Crippen molar-refractivity contribution in [1.82, 2.24) is 0 Å². The molecule has 0 radical (unpaired) electrons. The van der Waals surface area contributed by atoms with Crippen LogP contribution in [0, 0.1) is 0 Å². The Morgan fingerprint density at radius 3 is 1.94 bits per heavy atom. The number of benzene rings is 1. The Morgan fingerprint density at radius 2 is 1.50 bits per heavy atom. The van der Waals surface area contributed by atoms with Crippen LogP contribution in [0.2, 0.25) is 0 Å². The van der Waals surface area contributed by atoms with E-state index in [0.717, 1.165) is 17.1 Å². The normalized spacial score (nSPS) is 12.1. The molecule has 1 heterocycles. The molecule has 0 fully saturated rings. The van der Waals surface area contributed by atoms with Crippen molar-refractivity contribution in [2.24, 2.45) is 0 Å². The first-order valence-electron chi connectivity index (χ1n) is 6.58. The van der Waals surface area contributed by atoms with Gasteiger partial charge < -0.3 is 4.42 Å². The first-order valence-corrected chi connectivity index (χ1v) is 6.58. The molecule has 0 saturated carbocycles. The number of furan rings is 1. The fourth-order valence-electron chi connectivity index (χ4n) is 1.93. The Kier molecular flexibility index (Phi) is 3.34. The Labute approximate surface area is 110 Å². The molecule has 0 aliphatic heterocycles. The number of rotatable bonds is 2. The molecule has 18 heavy (non-hydrogen) atoms. The smallest absolute Gasteiger partial charge is 0.134 e. The Hall–Kier alpha value is -1.50. The van der Waals surface area contributed by atoms with Crippen molar-refractivity contribution in [2.75, 3.05) is 0 Å². The average Bonchev–Trinajstić information content (AvgIpc) is 2.78. The highest BCUT2D eigenvalue weighted by Crippen LogP contribution is 2.30. The molecule has 1 aromatic carbocycles. The lowest BCUT2D eigenvalue weighted by Crippen LogP contribution is -2.08. The van der Waals surface area contributed by atoms with Gasteiger partial charge in [-0.2, -0.15) is 0 Å². The second kappa shape index (κ2) is 4.64. The zero-order chi connectivity index (χ0) is 13.3. The highest BCUT2D eigenvalue weighted by Gasteiger charge is 2.18. The van der Waals surface area contributed by atoms with Crippen LogP contribution in [-0.2, 0) is 5.41 Å². The van der Waals surface area contributed by atoms with Gasteiger partial charge in [-0.05, 0) is 23.6 Å². The van der Waals surface area contributed by atoms with E-state index >= 15 is 0 Å². The van der Waals surface area contributed by atoms with E-state index in [4.69, 9.17) is 4.42 Å². The van der Waals surface area contributed by atoms with Crippen molar-refractivity contribution in [3.63, 3.8) is 0 Å². The molecular formula is C17H22O. The Bertz CT molecular complexity index is 509. The molecule has 96 valence electrons. The van der Waals surface area contributed by atoms with Gasteiger partial charge in [-0.3, -0.25) is 0 Å². The maximum Gasteiger partial charge on any atom is 0.134 e. The molecule has 0 aliphatic carbocycles. The van der Waals surface area contributed by atoms with Crippen LogP contribution < -0.4 is 0 Å². The van der Waals surface area contributed by atoms with Crippen molar-refractivity contribution >= 4 is 0 Å². The van der Waals surface area contributed by atoms with E-state index in [1.54, 1.807) is 0 Å². The average molecular weight is 242 g/mol. The summed E-state index contributed by atoms with van der Waals surface area (Å²) in [6, 6.07) is 12.8. The monoisotopic (exact) mass is 242 g/mol. The van der Waals surface area contributed by atoms with Crippen molar-refractivity contribution < 1.29 is 4.42 Å². The molecule has 0 spiro atoms. The van der Waals surface area contributed by atoms with Crippen molar-refractivity contribution in [3.8, 4) is 11.3 Å². The summed E-state index contributed by atoms with van der Waals surface area (Å²) < 4.78 is 5.93. The number of hydrogen-bond acceptors (Lipinski definition) is 1. The van der Waals surface area contributed by atoms with Gasteiger partial charge >= 0.3 is 0 Å². The van der Waals surface area contributed by atoms with Crippen LogP contribution in [0.15, 0.2) is 40.8 Å². The first kappa shape index (κ1) is 12.9. The molecule has 0 aliphatic rings. The summed E-state index contributed by atoms with van der Waals surface area (Å²) in [4.78, 5) is 0. The molecule has 0 atom stereocenters. The van der Waals surface area contributed by atoms with E-state index in [-0.39, 0.29) is 5.41 Å². The standard InChI is InChI=1S/C17H22O/c1-12(2)13-6-8-14(9-7-13)15-10-11-16(18-15)17(3,4)5/h6-12H,1-5H3. The molecule has 1 nitrogen and oxygen atoms in total.